The zero-order valence-electron chi connectivity index (χ0n) is 11.6. The normalized spacial score (nSPS) is 12.0. The van der Waals surface area contributed by atoms with Crippen molar-refractivity contribution in [3.63, 3.8) is 0 Å². The summed E-state index contributed by atoms with van der Waals surface area (Å²) in [5.41, 5.74) is 4.28. The van der Waals surface area contributed by atoms with Crippen molar-refractivity contribution in [1.82, 2.24) is 9.97 Å². The van der Waals surface area contributed by atoms with Gasteiger partial charge in [-0.3, -0.25) is 9.78 Å². The van der Waals surface area contributed by atoms with Gasteiger partial charge in [-0.2, -0.15) is 13.2 Å². The Balaban J connectivity index is 2.28. The van der Waals surface area contributed by atoms with Gasteiger partial charge in [-0.15, -0.1) is 11.3 Å². The van der Waals surface area contributed by atoms with Gasteiger partial charge in [-0.1, -0.05) is 6.07 Å². The second-order valence-corrected chi connectivity index (χ2v) is 5.88. The standard InChI is InChI=1S/C14H9F4N3OS/c1-5-9-11(22)20-13(19)21-12(9)23-10(5)6-2-3-8(15)7(4-6)14(16,17)18/h2-4H,1H3,(H3,19,20,21,22). The van der Waals surface area contributed by atoms with Crippen molar-refractivity contribution in [2.24, 2.45) is 0 Å². The van der Waals surface area contributed by atoms with Crippen molar-refractivity contribution in [3.05, 3.63) is 45.5 Å². The van der Waals surface area contributed by atoms with E-state index in [0.717, 1.165) is 23.5 Å². The van der Waals surface area contributed by atoms with Crippen LogP contribution in [0.15, 0.2) is 23.0 Å². The van der Waals surface area contributed by atoms with E-state index in [2.05, 4.69) is 9.97 Å². The van der Waals surface area contributed by atoms with E-state index >= 15 is 0 Å². The summed E-state index contributed by atoms with van der Waals surface area (Å²) >= 11 is 1.03. The van der Waals surface area contributed by atoms with E-state index in [1.54, 1.807) is 6.92 Å². The van der Waals surface area contributed by atoms with E-state index in [1.807, 2.05) is 0 Å². The van der Waals surface area contributed by atoms with Crippen LogP contribution in [0.5, 0.6) is 0 Å². The molecule has 0 saturated carbocycles. The van der Waals surface area contributed by atoms with Crippen LogP contribution in [0.1, 0.15) is 11.1 Å². The Hall–Kier alpha value is -2.42. The molecule has 0 aliphatic rings. The van der Waals surface area contributed by atoms with E-state index < -0.39 is 23.1 Å². The lowest BCUT2D eigenvalue weighted by atomic mass is 10.1. The highest BCUT2D eigenvalue weighted by Crippen LogP contribution is 2.39. The Morgan fingerprint density at radius 1 is 1.30 bits per heavy atom. The number of nitrogens with two attached hydrogens (primary N) is 1. The number of nitrogen functional groups attached to an aromatic ring is 1. The fourth-order valence-corrected chi connectivity index (χ4v) is 3.50. The topological polar surface area (TPSA) is 71.8 Å². The maximum Gasteiger partial charge on any atom is 0.419 e. The van der Waals surface area contributed by atoms with E-state index in [0.29, 0.717) is 15.3 Å². The molecule has 0 spiro atoms. The Morgan fingerprint density at radius 2 is 2.00 bits per heavy atom. The predicted octanol–water partition coefficient (Wildman–Crippen LogP) is 3.70. The lowest BCUT2D eigenvalue weighted by Crippen LogP contribution is -2.10. The number of fused-ring (bicyclic) bond motifs is 1. The number of thiophene rings is 1. The van der Waals surface area contributed by atoms with Gasteiger partial charge in [0.2, 0.25) is 5.95 Å². The van der Waals surface area contributed by atoms with Gasteiger partial charge in [-0.25, -0.2) is 9.37 Å². The smallest absolute Gasteiger partial charge is 0.369 e. The molecule has 0 fully saturated rings. The number of anilines is 1. The average molecular weight is 343 g/mol. The highest BCUT2D eigenvalue weighted by Gasteiger charge is 2.34. The second-order valence-electron chi connectivity index (χ2n) is 4.88. The van der Waals surface area contributed by atoms with Gasteiger partial charge in [0, 0.05) is 4.88 Å². The zero-order chi connectivity index (χ0) is 16.9. The first-order valence-corrected chi connectivity index (χ1v) is 7.16. The number of aromatic amines is 1. The third-order valence-corrected chi connectivity index (χ3v) is 4.59. The predicted molar refractivity (Wildman–Crippen MR) is 79.8 cm³/mol. The van der Waals surface area contributed by atoms with Gasteiger partial charge in [0.25, 0.3) is 5.56 Å². The van der Waals surface area contributed by atoms with Gasteiger partial charge in [0.15, 0.2) is 0 Å². The lowest BCUT2D eigenvalue weighted by molar-refractivity contribution is -0.139. The summed E-state index contributed by atoms with van der Waals surface area (Å²) in [5.74, 6) is -1.43. The van der Waals surface area contributed by atoms with Crippen LogP contribution in [-0.4, -0.2) is 9.97 Å². The highest BCUT2D eigenvalue weighted by molar-refractivity contribution is 7.22. The number of aryl methyl sites for hydroxylation is 1. The SMILES string of the molecule is Cc1c(-c2ccc(F)c(C(F)(F)F)c2)sc2nc(N)[nH]c(=O)c12. The Labute approximate surface area is 130 Å². The summed E-state index contributed by atoms with van der Waals surface area (Å²) in [7, 11) is 0. The van der Waals surface area contributed by atoms with Crippen LogP contribution in [0.25, 0.3) is 20.7 Å². The number of hydrogen-bond donors (Lipinski definition) is 2. The summed E-state index contributed by atoms with van der Waals surface area (Å²) < 4.78 is 51.9. The van der Waals surface area contributed by atoms with Crippen LogP contribution in [0.2, 0.25) is 0 Å². The van der Waals surface area contributed by atoms with E-state index in [4.69, 9.17) is 5.73 Å². The maximum absolute atomic E-state index is 13.4. The fourth-order valence-electron chi connectivity index (χ4n) is 2.32. The molecule has 0 atom stereocenters. The number of alkyl halides is 3. The molecule has 0 saturated heterocycles. The second kappa shape index (κ2) is 5.05. The molecule has 0 aliphatic heterocycles. The van der Waals surface area contributed by atoms with Crippen molar-refractivity contribution < 1.29 is 17.6 Å². The number of rotatable bonds is 1. The molecule has 4 nitrogen and oxygen atoms in total. The molecule has 3 N–H and O–H groups in total. The minimum Gasteiger partial charge on any atom is -0.369 e. The number of aromatic nitrogens is 2. The lowest BCUT2D eigenvalue weighted by Gasteiger charge is -2.09. The number of halogens is 4. The number of benzene rings is 1. The van der Waals surface area contributed by atoms with Crippen LogP contribution >= 0.6 is 11.3 Å². The number of nitrogens with one attached hydrogen (secondary N) is 1. The van der Waals surface area contributed by atoms with Crippen molar-refractivity contribution >= 4 is 27.5 Å². The Morgan fingerprint density at radius 3 is 2.65 bits per heavy atom. The molecule has 1 aromatic carbocycles. The molecule has 3 aromatic rings. The van der Waals surface area contributed by atoms with E-state index in [1.165, 1.54) is 6.07 Å². The van der Waals surface area contributed by atoms with Gasteiger partial charge in [0.1, 0.15) is 10.6 Å². The van der Waals surface area contributed by atoms with Crippen LogP contribution in [0.4, 0.5) is 23.5 Å². The molecule has 0 aliphatic carbocycles. The minimum absolute atomic E-state index is 0.0783. The first-order valence-electron chi connectivity index (χ1n) is 6.34. The van der Waals surface area contributed by atoms with Crippen molar-refractivity contribution in [3.8, 4) is 10.4 Å². The minimum atomic E-state index is -4.80. The largest absolute Gasteiger partial charge is 0.419 e. The summed E-state index contributed by atoms with van der Waals surface area (Å²) in [6, 6.07) is 2.72. The first kappa shape index (κ1) is 15.5. The summed E-state index contributed by atoms with van der Waals surface area (Å²) in [4.78, 5) is 19.0. The third-order valence-electron chi connectivity index (χ3n) is 3.35. The van der Waals surface area contributed by atoms with Crippen LogP contribution in [0, 0.1) is 12.7 Å². The van der Waals surface area contributed by atoms with Crippen molar-refractivity contribution in [2.75, 3.05) is 5.73 Å². The van der Waals surface area contributed by atoms with Gasteiger partial charge in [0.05, 0.1) is 10.9 Å². The maximum atomic E-state index is 13.4. The molecule has 0 unspecified atom stereocenters. The quantitative estimate of drug-likeness (QED) is 0.662. The first-order chi connectivity index (χ1) is 10.7. The van der Waals surface area contributed by atoms with Crippen LogP contribution < -0.4 is 11.3 Å². The average Bonchev–Trinajstić information content (AvgIpc) is 2.75. The molecular formula is C14H9F4N3OS. The molecule has 23 heavy (non-hydrogen) atoms. The van der Waals surface area contributed by atoms with E-state index in [9.17, 15) is 22.4 Å². The zero-order valence-corrected chi connectivity index (χ0v) is 12.4. The number of hydrogen-bond acceptors (Lipinski definition) is 4. The van der Waals surface area contributed by atoms with Crippen LogP contribution in [-0.2, 0) is 6.18 Å². The third kappa shape index (κ3) is 2.56. The molecule has 2 heterocycles. The van der Waals surface area contributed by atoms with Gasteiger partial charge < -0.3 is 5.73 Å². The van der Waals surface area contributed by atoms with Gasteiger partial charge in [-0.05, 0) is 30.2 Å². The Kier molecular flexibility index (Phi) is 3.40. The fraction of sp³-hybridized carbons (Fsp3) is 0.143. The molecule has 0 bridgehead atoms. The van der Waals surface area contributed by atoms with Crippen LogP contribution in [0.3, 0.4) is 0 Å². The summed E-state index contributed by atoms with van der Waals surface area (Å²) in [6.07, 6.45) is -4.80. The summed E-state index contributed by atoms with van der Waals surface area (Å²) in [6.45, 7) is 1.60. The molecule has 9 heteroatoms. The molecule has 120 valence electrons. The summed E-state index contributed by atoms with van der Waals surface area (Å²) in [5, 5.41) is 0.261. The van der Waals surface area contributed by atoms with E-state index in [-0.39, 0.29) is 16.9 Å². The molecular weight excluding hydrogens is 334 g/mol. The van der Waals surface area contributed by atoms with Crippen molar-refractivity contribution in [1.29, 1.82) is 0 Å². The monoisotopic (exact) mass is 343 g/mol. The Bertz CT molecular complexity index is 975. The molecule has 3 rings (SSSR count). The number of nitrogens with zero attached hydrogens (tertiary/aromatic N) is 1. The number of H-pyrrole nitrogens is 1. The van der Waals surface area contributed by atoms with Crippen molar-refractivity contribution in [2.45, 2.75) is 13.1 Å². The molecule has 0 amide bonds. The van der Waals surface area contributed by atoms with Gasteiger partial charge >= 0.3 is 6.18 Å². The molecule has 2 aromatic heterocycles. The highest BCUT2D eigenvalue weighted by atomic mass is 32.1. The molecule has 0 radical (unpaired) electrons.